The van der Waals surface area contributed by atoms with Gasteiger partial charge in [-0.2, -0.15) is 5.10 Å². The number of nitrogens with zero attached hydrogens (tertiary/aromatic N) is 4. The summed E-state index contributed by atoms with van der Waals surface area (Å²) in [6.07, 6.45) is 0. The quantitative estimate of drug-likeness (QED) is 0.794. The number of hydrogen-bond acceptors (Lipinski definition) is 5. The second-order valence-corrected chi connectivity index (χ2v) is 5.95. The molecule has 1 amide bonds. The number of benzene rings is 1. The molecular formula is C17H19N5O2. The van der Waals surface area contributed by atoms with Gasteiger partial charge in [-0.25, -0.2) is 0 Å². The van der Waals surface area contributed by atoms with E-state index in [-0.39, 0.29) is 18.0 Å². The van der Waals surface area contributed by atoms with Crippen molar-refractivity contribution in [3.05, 3.63) is 47.3 Å². The number of carbonyl (C=O) groups is 1. The monoisotopic (exact) mass is 325 g/mol. The maximum atomic E-state index is 12.5. The van der Waals surface area contributed by atoms with E-state index in [1.165, 1.54) is 0 Å². The van der Waals surface area contributed by atoms with E-state index in [9.17, 15) is 4.79 Å². The molecule has 2 heterocycles. The normalized spacial score (nSPS) is 11.0. The molecule has 3 rings (SSSR count). The first-order chi connectivity index (χ1) is 11.4. The first kappa shape index (κ1) is 15.9. The molecule has 124 valence electrons. The molecule has 0 saturated carbocycles. The zero-order valence-corrected chi connectivity index (χ0v) is 14.1. The van der Waals surface area contributed by atoms with Crippen LogP contribution in [0.2, 0.25) is 0 Å². The van der Waals surface area contributed by atoms with Gasteiger partial charge in [0.05, 0.1) is 5.69 Å². The van der Waals surface area contributed by atoms with Crippen molar-refractivity contribution in [2.24, 2.45) is 0 Å². The summed E-state index contributed by atoms with van der Waals surface area (Å²) in [6, 6.07) is 9.58. The molecule has 7 heteroatoms. The van der Waals surface area contributed by atoms with Gasteiger partial charge < -0.3 is 4.42 Å². The molecule has 0 aliphatic rings. The van der Waals surface area contributed by atoms with Crippen molar-refractivity contribution in [2.75, 3.05) is 5.32 Å². The summed E-state index contributed by atoms with van der Waals surface area (Å²) in [4.78, 5) is 12.5. The minimum atomic E-state index is -0.330. The van der Waals surface area contributed by atoms with E-state index in [4.69, 9.17) is 4.42 Å². The Morgan fingerprint density at radius 2 is 2.00 bits per heavy atom. The molecule has 0 radical (unpaired) electrons. The van der Waals surface area contributed by atoms with Gasteiger partial charge in [0.1, 0.15) is 5.69 Å². The zero-order chi connectivity index (χ0) is 17.3. The minimum Gasteiger partial charge on any atom is -0.403 e. The summed E-state index contributed by atoms with van der Waals surface area (Å²) in [6.45, 7) is 7.76. The topological polar surface area (TPSA) is 85.8 Å². The van der Waals surface area contributed by atoms with Crippen LogP contribution in [0.4, 0.5) is 6.01 Å². The third kappa shape index (κ3) is 3.19. The fourth-order valence-electron chi connectivity index (χ4n) is 2.41. The van der Waals surface area contributed by atoms with Gasteiger partial charge in [-0.05, 0) is 45.9 Å². The number of amides is 1. The molecule has 24 heavy (non-hydrogen) atoms. The van der Waals surface area contributed by atoms with Crippen LogP contribution in [0.15, 0.2) is 34.7 Å². The van der Waals surface area contributed by atoms with E-state index >= 15 is 0 Å². The van der Waals surface area contributed by atoms with Crippen LogP contribution in [0.5, 0.6) is 0 Å². The molecule has 0 fully saturated rings. The summed E-state index contributed by atoms with van der Waals surface area (Å²) in [5.74, 6) is 0.0336. The van der Waals surface area contributed by atoms with Gasteiger partial charge in [0.15, 0.2) is 0 Å². The number of rotatable bonds is 4. The van der Waals surface area contributed by atoms with E-state index in [1.54, 1.807) is 10.7 Å². The first-order valence-corrected chi connectivity index (χ1v) is 7.72. The highest BCUT2D eigenvalue weighted by molar-refractivity contribution is 6.02. The molecule has 3 aromatic rings. The fraction of sp³-hybridized carbons (Fsp3) is 0.294. The number of carbonyl (C=O) groups excluding carboxylic acids is 1. The maximum Gasteiger partial charge on any atom is 0.322 e. The summed E-state index contributed by atoms with van der Waals surface area (Å²) < 4.78 is 7.21. The molecule has 0 spiro atoms. The Kier molecular flexibility index (Phi) is 4.16. The molecular weight excluding hydrogens is 306 g/mol. The Morgan fingerprint density at radius 3 is 2.71 bits per heavy atom. The average Bonchev–Trinajstić information content (AvgIpc) is 3.14. The summed E-state index contributed by atoms with van der Waals surface area (Å²) >= 11 is 0. The van der Waals surface area contributed by atoms with Crippen molar-refractivity contribution in [3.8, 4) is 11.5 Å². The van der Waals surface area contributed by atoms with E-state index < -0.39 is 0 Å². The standard InChI is InChI=1S/C17H19N5O2/c1-10(2)22-14(9-12(4)21-22)15(23)18-17-20-19-16(24-17)13-7-5-6-11(3)8-13/h5-10H,1-4H3,(H,18,20,23). The van der Waals surface area contributed by atoms with Crippen LogP contribution in [0, 0.1) is 13.8 Å². The molecule has 2 aromatic heterocycles. The van der Waals surface area contributed by atoms with Crippen LogP contribution in [0.25, 0.3) is 11.5 Å². The average molecular weight is 325 g/mol. The van der Waals surface area contributed by atoms with Crippen LogP contribution in [-0.4, -0.2) is 25.9 Å². The molecule has 1 aromatic carbocycles. The van der Waals surface area contributed by atoms with E-state index in [0.717, 1.165) is 16.8 Å². The second-order valence-electron chi connectivity index (χ2n) is 5.95. The van der Waals surface area contributed by atoms with Crippen molar-refractivity contribution >= 4 is 11.9 Å². The second kappa shape index (κ2) is 6.27. The summed E-state index contributed by atoms with van der Waals surface area (Å²) in [5.41, 5.74) is 3.14. The van der Waals surface area contributed by atoms with Crippen molar-refractivity contribution in [3.63, 3.8) is 0 Å². The lowest BCUT2D eigenvalue weighted by Gasteiger charge is -2.09. The number of hydrogen-bond donors (Lipinski definition) is 1. The Hall–Kier alpha value is -2.96. The molecule has 0 aliphatic heterocycles. The lowest BCUT2D eigenvalue weighted by atomic mass is 10.1. The highest BCUT2D eigenvalue weighted by Crippen LogP contribution is 2.21. The van der Waals surface area contributed by atoms with Gasteiger partial charge in [0.2, 0.25) is 5.89 Å². The first-order valence-electron chi connectivity index (χ1n) is 7.72. The Bertz CT molecular complexity index is 879. The molecule has 0 aliphatic carbocycles. The lowest BCUT2D eigenvalue weighted by Crippen LogP contribution is -2.19. The van der Waals surface area contributed by atoms with Crippen LogP contribution < -0.4 is 5.32 Å². The summed E-state index contributed by atoms with van der Waals surface area (Å²) in [5, 5.41) is 14.8. The maximum absolute atomic E-state index is 12.5. The Balaban J connectivity index is 1.81. The highest BCUT2D eigenvalue weighted by Gasteiger charge is 2.18. The molecule has 0 atom stereocenters. The van der Waals surface area contributed by atoms with Gasteiger partial charge in [-0.3, -0.25) is 14.8 Å². The van der Waals surface area contributed by atoms with Gasteiger partial charge in [-0.1, -0.05) is 22.8 Å². The number of aromatic nitrogens is 4. The predicted molar refractivity (Wildman–Crippen MR) is 89.8 cm³/mol. The van der Waals surface area contributed by atoms with Gasteiger partial charge in [0.25, 0.3) is 5.91 Å². The van der Waals surface area contributed by atoms with Gasteiger partial charge in [-0.15, -0.1) is 5.10 Å². The highest BCUT2D eigenvalue weighted by atomic mass is 16.4. The van der Waals surface area contributed by atoms with Crippen LogP contribution in [0.3, 0.4) is 0 Å². The molecule has 1 N–H and O–H groups in total. The number of aryl methyl sites for hydroxylation is 2. The van der Waals surface area contributed by atoms with Gasteiger partial charge in [0, 0.05) is 11.6 Å². The lowest BCUT2D eigenvalue weighted by molar-refractivity contribution is 0.101. The van der Waals surface area contributed by atoms with Crippen LogP contribution >= 0.6 is 0 Å². The van der Waals surface area contributed by atoms with Crippen LogP contribution in [0.1, 0.15) is 41.6 Å². The van der Waals surface area contributed by atoms with Crippen LogP contribution in [-0.2, 0) is 0 Å². The molecule has 0 bridgehead atoms. The van der Waals surface area contributed by atoms with Gasteiger partial charge >= 0.3 is 6.01 Å². The molecule has 7 nitrogen and oxygen atoms in total. The van der Waals surface area contributed by atoms with E-state index in [2.05, 4.69) is 20.6 Å². The van der Waals surface area contributed by atoms with Crippen molar-refractivity contribution in [1.29, 1.82) is 0 Å². The third-order valence-electron chi connectivity index (χ3n) is 3.49. The van der Waals surface area contributed by atoms with Crippen molar-refractivity contribution in [1.82, 2.24) is 20.0 Å². The van der Waals surface area contributed by atoms with Crippen molar-refractivity contribution < 1.29 is 9.21 Å². The number of nitrogens with one attached hydrogen (secondary N) is 1. The largest absolute Gasteiger partial charge is 0.403 e. The van der Waals surface area contributed by atoms with E-state index in [1.807, 2.05) is 52.0 Å². The third-order valence-corrected chi connectivity index (χ3v) is 3.49. The minimum absolute atomic E-state index is 0.0608. The van der Waals surface area contributed by atoms with Crippen molar-refractivity contribution in [2.45, 2.75) is 33.7 Å². The molecule has 0 unspecified atom stereocenters. The SMILES string of the molecule is Cc1cccc(-c2nnc(NC(=O)c3cc(C)nn3C(C)C)o2)c1. The Morgan fingerprint density at radius 1 is 1.21 bits per heavy atom. The predicted octanol–water partition coefficient (Wildman–Crippen LogP) is 3.38. The summed E-state index contributed by atoms with van der Waals surface area (Å²) in [7, 11) is 0. The van der Waals surface area contributed by atoms with E-state index in [0.29, 0.717) is 11.6 Å². The smallest absolute Gasteiger partial charge is 0.322 e. The zero-order valence-electron chi connectivity index (χ0n) is 14.1. The Labute approximate surface area is 139 Å². The molecule has 0 saturated heterocycles. The fourth-order valence-corrected chi connectivity index (χ4v) is 2.41. The number of anilines is 1.